The molecule has 0 atom stereocenters. The number of fused-ring (bicyclic) bond motifs is 1. The molecule has 0 radical (unpaired) electrons. The van der Waals surface area contributed by atoms with Crippen LogP contribution in [0.1, 0.15) is 37.7 Å². The quantitative estimate of drug-likeness (QED) is 0.800. The standard InChI is InChI=1S/C14H17NO2/c1-2-8-15-13(16)9-17-12-5-3-4-11(14(12)15)10-6-7-10/h3-5,10H,2,6-9H2,1H3. The maximum absolute atomic E-state index is 11.9. The molecule has 0 N–H and O–H groups in total. The van der Waals surface area contributed by atoms with Crippen LogP contribution in [0.3, 0.4) is 0 Å². The molecule has 1 aliphatic heterocycles. The minimum atomic E-state index is 0.0902. The first kappa shape index (κ1) is 10.6. The Morgan fingerprint density at radius 2 is 2.24 bits per heavy atom. The molecule has 1 aromatic rings. The topological polar surface area (TPSA) is 29.5 Å². The fourth-order valence-corrected chi connectivity index (χ4v) is 2.47. The first-order valence-corrected chi connectivity index (χ1v) is 6.37. The van der Waals surface area contributed by atoms with Gasteiger partial charge in [0.25, 0.3) is 5.91 Å². The summed E-state index contributed by atoms with van der Waals surface area (Å²) in [6.07, 6.45) is 3.46. The Hall–Kier alpha value is -1.51. The van der Waals surface area contributed by atoms with E-state index in [1.165, 1.54) is 18.4 Å². The largest absolute Gasteiger partial charge is 0.482 e. The van der Waals surface area contributed by atoms with Gasteiger partial charge in [0.15, 0.2) is 6.61 Å². The summed E-state index contributed by atoms with van der Waals surface area (Å²) in [6, 6.07) is 6.14. The zero-order valence-electron chi connectivity index (χ0n) is 10.1. The van der Waals surface area contributed by atoms with Crippen LogP contribution in [0, 0.1) is 0 Å². The molecule has 3 nitrogen and oxygen atoms in total. The van der Waals surface area contributed by atoms with Crippen LogP contribution in [0.5, 0.6) is 5.75 Å². The molecule has 0 bridgehead atoms. The number of hydrogen-bond donors (Lipinski definition) is 0. The normalized spacial score (nSPS) is 18.9. The Morgan fingerprint density at radius 1 is 1.41 bits per heavy atom. The van der Waals surface area contributed by atoms with Crippen molar-refractivity contribution in [2.45, 2.75) is 32.1 Å². The minimum Gasteiger partial charge on any atom is -0.482 e. The number of nitrogens with zero attached hydrogens (tertiary/aromatic N) is 1. The third kappa shape index (κ3) is 1.79. The number of carbonyl (C=O) groups is 1. The van der Waals surface area contributed by atoms with Crippen molar-refractivity contribution in [3.63, 3.8) is 0 Å². The Kier molecular flexibility index (Phi) is 2.54. The number of para-hydroxylation sites is 1. The molecule has 2 aliphatic rings. The maximum atomic E-state index is 11.9. The fourth-order valence-electron chi connectivity index (χ4n) is 2.47. The lowest BCUT2D eigenvalue weighted by molar-refractivity contribution is -0.121. The minimum absolute atomic E-state index is 0.0902. The van der Waals surface area contributed by atoms with E-state index >= 15 is 0 Å². The highest BCUT2D eigenvalue weighted by molar-refractivity contribution is 5.98. The molecular formula is C14H17NO2. The lowest BCUT2D eigenvalue weighted by Gasteiger charge is -2.31. The summed E-state index contributed by atoms with van der Waals surface area (Å²) in [6.45, 7) is 3.07. The van der Waals surface area contributed by atoms with Crippen molar-refractivity contribution in [3.8, 4) is 5.75 Å². The summed E-state index contributed by atoms with van der Waals surface area (Å²) in [4.78, 5) is 13.9. The monoisotopic (exact) mass is 231 g/mol. The molecule has 1 heterocycles. The van der Waals surface area contributed by atoms with E-state index < -0.39 is 0 Å². The molecule has 90 valence electrons. The number of benzene rings is 1. The molecule has 1 aliphatic carbocycles. The van der Waals surface area contributed by atoms with Gasteiger partial charge in [0.2, 0.25) is 0 Å². The Labute approximate surface area is 101 Å². The van der Waals surface area contributed by atoms with Crippen LogP contribution in [0.15, 0.2) is 18.2 Å². The molecule has 0 saturated heterocycles. The van der Waals surface area contributed by atoms with Crippen LogP contribution in [-0.2, 0) is 4.79 Å². The van der Waals surface area contributed by atoms with Crippen molar-refractivity contribution in [1.82, 2.24) is 0 Å². The van der Waals surface area contributed by atoms with E-state index in [0.29, 0.717) is 5.92 Å². The molecule has 0 spiro atoms. The lowest BCUT2D eigenvalue weighted by atomic mass is 10.0. The van der Waals surface area contributed by atoms with E-state index in [4.69, 9.17) is 4.74 Å². The van der Waals surface area contributed by atoms with E-state index in [2.05, 4.69) is 13.0 Å². The molecule has 0 aromatic heterocycles. The Balaban J connectivity index is 2.07. The first-order valence-electron chi connectivity index (χ1n) is 6.37. The molecule has 1 fully saturated rings. The van der Waals surface area contributed by atoms with Gasteiger partial charge in [-0.2, -0.15) is 0 Å². The summed E-state index contributed by atoms with van der Waals surface area (Å²) < 4.78 is 5.54. The van der Waals surface area contributed by atoms with Crippen LogP contribution in [0.4, 0.5) is 5.69 Å². The third-order valence-corrected chi connectivity index (χ3v) is 3.42. The average Bonchev–Trinajstić information content (AvgIpc) is 3.16. The Bertz CT molecular complexity index is 452. The van der Waals surface area contributed by atoms with Gasteiger partial charge in [-0.05, 0) is 36.8 Å². The first-order chi connectivity index (χ1) is 8.31. The predicted octanol–water partition coefficient (Wildman–Crippen LogP) is 2.70. The Morgan fingerprint density at radius 3 is 2.94 bits per heavy atom. The van der Waals surface area contributed by atoms with Gasteiger partial charge in [0.1, 0.15) is 5.75 Å². The summed E-state index contributed by atoms with van der Waals surface area (Å²) in [5.74, 6) is 1.61. The second kappa shape index (κ2) is 4.06. The van der Waals surface area contributed by atoms with Crippen LogP contribution in [0.25, 0.3) is 0 Å². The van der Waals surface area contributed by atoms with Crippen LogP contribution in [0.2, 0.25) is 0 Å². The summed E-state index contributed by atoms with van der Waals surface area (Å²) >= 11 is 0. The van der Waals surface area contributed by atoms with Gasteiger partial charge in [0.05, 0.1) is 5.69 Å². The predicted molar refractivity (Wildman–Crippen MR) is 66.6 cm³/mol. The number of hydrogen-bond acceptors (Lipinski definition) is 2. The maximum Gasteiger partial charge on any atom is 0.265 e. The van der Waals surface area contributed by atoms with Crippen LogP contribution >= 0.6 is 0 Å². The number of carbonyl (C=O) groups excluding carboxylic acids is 1. The van der Waals surface area contributed by atoms with E-state index in [1.807, 2.05) is 17.0 Å². The molecule has 1 amide bonds. The number of amides is 1. The van der Waals surface area contributed by atoms with E-state index in [0.717, 1.165) is 24.4 Å². The molecule has 17 heavy (non-hydrogen) atoms. The molecular weight excluding hydrogens is 214 g/mol. The zero-order chi connectivity index (χ0) is 11.8. The number of anilines is 1. The highest BCUT2D eigenvalue weighted by Gasteiger charge is 2.33. The smallest absolute Gasteiger partial charge is 0.265 e. The van der Waals surface area contributed by atoms with Crippen molar-refractivity contribution in [1.29, 1.82) is 0 Å². The number of rotatable bonds is 3. The molecule has 3 rings (SSSR count). The van der Waals surface area contributed by atoms with Crippen LogP contribution < -0.4 is 9.64 Å². The van der Waals surface area contributed by atoms with Gasteiger partial charge in [-0.1, -0.05) is 19.1 Å². The second-order valence-corrected chi connectivity index (χ2v) is 4.80. The van der Waals surface area contributed by atoms with E-state index in [-0.39, 0.29) is 12.5 Å². The van der Waals surface area contributed by atoms with Crippen molar-refractivity contribution in [2.24, 2.45) is 0 Å². The van der Waals surface area contributed by atoms with Crippen molar-refractivity contribution >= 4 is 11.6 Å². The van der Waals surface area contributed by atoms with Crippen molar-refractivity contribution < 1.29 is 9.53 Å². The highest BCUT2D eigenvalue weighted by atomic mass is 16.5. The van der Waals surface area contributed by atoms with E-state index in [9.17, 15) is 4.79 Å². The molecule has 1 aromatic carbocycles. The summed E-state index contributed by atoms with van der Waals surface area (Å²) in [5.41, 5.74) is 2.33. The van der Waals surface area contributed by atoms with Gasteiger partial charge >= 0.3 is 0 Å². The highest BCUT2D eigenvalue weighted by Crippen LogP contribution is 2.48. The van der Waals surface area contributed by atoms with Gasteiger partial charge in [0, 0.05) is 6.54 Å². The molecule has 0 unspecified atom stereocenters. The summed E-state index contributed by atoms with van der Waals surface area (Å²) in [7, 11) is 0. The van der Waals surface area contributed by atoms with Crippen LogP contribution in [-0.4, -0.2) is 19.1 Å². The lowest BCUT2D eigenvalue weighted by Crippen LogP contribution is -2.39. The molecule has 1 saturated carbocycles. The number of ether oxygens (including phenoxy) is 1. The van der Waals surface area contributed by atoms with Gasteiger partial charge in [-0.3, -0.25) is 4.79 Å². The fraction of sp³-hybridized carbons (Fsp3) is 0.500. The van der Waals surface area contributed by atoms with Gasteiger partial charge in [-0.25, -0.2) is 0 Å². The van der Waals surface area contributed by atoms with Gasteiger partial charge < -0.3 is 9.64 Å². The zero-order valence-corrected chi connectivity index (χ0v) is 10.1. The summed E-state index contributed by atoms with van der Waals surface area (Å²) in [5, 5.41) is 0. The molecule has 3 heteroatoms. The third-order valence-electron chi connectivity index (χ3n) is 3.42. The second-order valence-electron chi connectivity index (χ2n) is 4.80. The van der Waals surface area contributed by atoms with Crippen molar-refractivity contribution in [2.75, 3.05) is 18.1 Å². The van der Waals surface area contributed by atoms with Crippen molar-refractivity contribution in [3.05, 3.63) is 23.8 Å². The van der Waals surface area contributed by atoms with Gasteiger partial charge in [-0.15, -0.1) is 0 Å². The average molecular weight is 231 g/mol. The SMILES string of the molecule is CCCN1C(=O)COc2cccc(C3CC3)c21. The van der Waals surface area contributed by atoms with E-state index in [1.54, 1.807) is 0 Å².